The number of likely N-dealkylation sites (N-methyl/N-ethyl adjacent to an activating group) is 1. The zero-order valence-electron chi connectivity index (χ0n) is 19.7. The van der Waals surface area contributed by atoms with E-state index in [2.05, 4.69) is 11.5 Å². The molecule has 1 amide bonds. The molecule has 4 aliphatic rings. The molecule has 0 aromatic carbocycles. The third kappa shape index (κ3) is 5.02. The maximum atomic E-state index is 13.4. The number of likely N-dealkylation sites (tertiary alicyclic amines) is 1. The number of aliphatic imine (C=N–C) groups is 1. The first kappa shape index (κ1) is 22.8. The first-order valence-electron chi connectivity index (χ1n) is 13.0. The van der Waals surface area contributed by atoms with E-state index in [0.717, 1.165) is 50.1 Å². The van der Waals surface area contributed by atoms with Crippen LogP contribution in [0.1, 0.15) is 89.9 Å². The summed E-state index contributed by atoms with van der Waals surface area (Å²) in [6.45, 7) is 6.29. The van der Waals surface area contributed by atoms with Gasteiger partial charge in [0.25, 0.3) is 5.91 Å². The van der Waals surface area contributed by atoms with Crippen LogP contribution in [0.2, 0.25) is 0 Å². The van der Waals surface area contributed by atoms with E-state index in [-0.39, 0.29) is 5.91 Å². The Hall–Kier alpha value is -1.36. The van der Waals surface area contributed by atoms with Gasteiger partial charge in [-0.1, -0.05) is 51.0 Å². The van der Waals surface area contributed by atoms with Gasteiger partial charge in [-0.05, 0) is 69.2 Å². The molecule has 4 atom stereocenters. The smallest absolute Gasteiger partial charge is 0.257 e. The van der Waals surface area contributed by atoms with Crippen molar-refractivity contribution in [2.45, 2.75) is 101 Å². The molecule has 3 fully saturated rings. The van der Waals surface area contributed by atoms with E-state index in [0.29, 0.717) is 11.9 Å². The molecule has 0 radical (unpaired) electrons. The SMILES string of the molecule is C=CCCN1CCC1C1CCCC(C[C@@]2(CCC3CCCCC3)N=C(N)N(C)C2=O)C1. The van der Waals surface area contributed by atoms with Crippen molar-refractivity contribution in [3.8, 4) is 0 Å². The van der Waals surface area contributed by atoms with Crippen LogP contribution in [0.4, 0.5) is 0 Å². The molecule has 1 saturated heterocycles. The van der Waals surface area contributed by atoms with Crippen LogP contribution in [0.25, 0.3) is 0 Å². The average Bonchev–Trinajstić information content (AvgIpc) is 2.96. The lowest BCUT2D eigenvalue weighted by atomic mass is 9.69. The summed E-state index contributed by atoms with van der Waals surface area (Å²) in [7, 11) is 1.80. The Kier molecular flexibility index (Phi) is 7.40. The Balaban J connectivity index is 1.40. The molecule has 0 spiro atoms. The molecule has 31 heavy (non-hydrogen) atoms. The Morgan fingerprint density at radius 2 is 1.90 bits per heavy atom. The van der Waals surface area contributed by atoms with Crippen molar-refractivity contribution in [2.24, 2.45) is 28.5 Å². The number of hydrogen-bond acceptors (Lipinski definition) is 4. The zero-order valence-corrected chi connectivity index (χ0v) is 19.7. The van der Waals surface area contributed by atoms with E-state index < -0.39 is 5.54 Å². The number of nitrogens with two attached hydrogens (primary N) is 1. The van der Waals surface area contributed by atoms with Crippen molar-refractivity contribution in [3.63, 3.8) is 0 Å². The fourth-order valence-electron chi connectivity index (χ4n) is 6.95. The maximum absolute atomic E-state index is 13.4. The van der Waals surface area contributed by atoms with Gasteiger partial charge in [0.05, 0.1) is 0 Å². The molecular formula is C26H44N4O. The zero-order chi connectivity index (χ0) is 21.8. The van der Waals surface area contributed by atoms with Gasteiger partial charge >= 0.3 is 0 Å². The molecule has 4 rings (SSSR count). The quantitative estimate of drug-likeness (QED) is 0.541. The molecule has 0 bridgehead atoms. The molecule has 174 valence electrons. The van der Waals surface area contributed by atoms with E-state index in [9.17, 15) is 4.79 Å². The van der Waals surface area contributed by atoms with Crippen molar-refractivity contribution < 1.29 is 4.79 Å². The van der Waals surface area contributed by atoms with Gasteiger partial charge < -0.3 is 5.73 Å². The summed E-state index contributed by atoms with van der Waals surface area (Å²) in [6, 6.07) is 0.747. The predicted octanol–water partition coefficient (Wildman–Crippen LogP) is 4.72. The highest BCUT2D eigenvalue weighted by Crippen LogP contribution is 2.44. The number of nitrogens with zero attached hydrogens (tertiary/aromatic N) is 3. The summed E-state index contributed by atoms with van der Waals surface area (Å²) in [4.78, 5) is 22.5. The van der Waals surface area contributed by atoms with Crippen LogP contribution in [0.5, 0.6) is 0 Å². The van der Waals surface area contributed by atoms with Gasteiger partial charge in [0.1, 0.15) is 5.54 Å². The van der Waals surface area contributed by atoms with Crippen molar-refractivity contribution in [3.05, 3.63) is 12.7 Å². The fourth-order valence-corrected chi connectivity index (χ4v) is 6.95. The topological polar surface area (TPSA) is 61.9 Å². The van der Waals surface area contributed by atoms with E-state index in [1.807, 2.05) is 6.08 Å². The molecule has 5 nitrogen and oxygen atoms in total. The highest BCUT2D eigenvalue weighted by atomic mass is 16.2. The first-order chi connectivity index (χ1) is 15.0. The lowest BCUT2D eigenvalue weighted by molar-refractivity contribution is -0.131. The molecule has 5 heteroatoms. The van der Waals surface area contributed by atoms with Gasteiger partial charge in [0, 0.05) is 19.6 Å². The van der Waals surface area contributed by atoms with Gasteiger partial charge in [-0.2, -0.15) is 0 Å². The molecule has 0 aromatic rings. The molecule has 0 aromatic heterocycles. The number of carbonyl (C=O) groups is 1. The molecule has 2 aliphatic heterocycles. The van der Waals surface area contributed by atoms with Gasteiger partial charge in [-0.3, -0.25) is 14.6 Å². The lowest BCUT2D eigenvalue weighted by Crippen LogP contribution is -2.53. The number of amides is 1. The van der Waals surface area contributed by atoms with Crippen molar-refractivity contribution in [2.75, 3.05) is 20.1 Å². The molecule has 2 saturated carbocycles. The molecule has 3 unspecified atom stereocenters. The second-order valence-corrected chi connectivity index (χ2v) is 10.9. The van der Waals surface area contributed by atoms with E-state index in [1.54, 1.807) is 11.9 Å². The van der Waals surface area contributed by atoms with Crippen LogP contribution in [0.15, 0.2) is 17.6 Å². The Labute approximate surface area is 189 Å². The predicted molar refractivity (Wildman–Crippen MR) is 128 cm³/mol. The second-order valence-electron chi connectivity index (χ2n) is 10.9. The van der Waals surface area contributed by atoms with Crippen LogP contribution in [-0.4, -0.2) is 53.4 Å². The Bertz CT molecular complexity index is 670. The first-order valence-corrected chi connectivity index (χ1v) is 13.0. The molecule has 2 N–H and O–H groups in total. The van der Waals surface area contributed by atoms with Crippen molar-refractivity contribution in [1.82, 2.24) is 9.80 Å². The number of guanidine groups is 1. The lowest BCUT2D eigenvalue weighted by Gasteiger charge is -2.48. The van der Waals surface area contributed by atoms with Gasteiger partial charge in [0.2, 0.25) is 0 Å². The fraction of sp³-hybridized carbons (Fsp3) is 0.846. The minimum absolute atomic E-state index is 0.152. The standard InChI is InChI=1S/C26H44N4O/c1-3-4-16-30-17-14-23(30)22-12-8-11-21(18-22)19-26(24(31)29(2)25(27)28-26)15-13-20-9-6-5-7-10-20/h3,20-23H,1,4-19H2,2H3,(H2,27,28)/t21?,22?,23?,26-/m1/s1. The molecular weight excluding hydrogens is 384 g/mol. The molecule has 2 heterocycles. The van der Waals surface area contributed by atoms with Crippen molar-refractivity contribution >= 4 is 11.9 Å². The summed E-state index contributed by atoms with van der Waals surface area (Å²) in [5.41, 5.74) is 5.58. The van der Waals surface area contributed by atoms with Gasteiger partial charge in [0.15, 0.2) is 5.96 Å². The average molecular weight is 429 g/mol. The summed E-state index contributed by atoms with van der Waals surface area (Å²) in [5.74, 6) is 2.73. The van der Waals surface area contributed by atoms with Crippen LogP contribution in [0.3, 0.4) is 0 Å². The highest BCUT2D eigenvalue weighted by molar-refractivity contribution is 6.06. The third-order valence-electron chi connectivity index (χ3n) is 8.86. The Morgan fingerprint density at radius 3 is 2.55 bits per heavy atom. The minimum atomic E-state index is -0.592. The monoisotopic (exact) mass is 428 g/mol. The third-order valence-corrected chi connectivity index (χ3v) is 8.86. The van der Waals surface area contributed by atoms with Crippen molar-refractivity contribution in [1.29, 1.82) is 0 Å². The normalized spacial score (nSPS) is 35.1. The Morgan fingerprint density at radius 1 is 1.13 bits per heavy atom. The summed E-state index contributed by atoms with van der Waals surface area (Å²) >= 11 is 0. The van der Waals surface area contributed by atoms with Crippen LogP contribution in [-0.2, 0) is 4.79 Å². The summed E-state index contributed by atoms with van der Waals surface area (Å²) in [6.07, 6.45) is 19.3. The second kappa shape index (κ2) is 10.1. The van der Waals surface area contributed by atoms with E-state index in [1.165, 1.54) is 70.8 Å². The number of hydrogen-bond donors (Lipinski definition) is 1. The van der Waals surface area contributed by atoms with Crippen LogP contribution >= 0.6 is 0 Å². The highest BCUT2D eigenvalue weighted by Gasteiger charge is 2.48. The number of carbonyl (C=O) groups excluding carboxylic acids is 1. The molecule has 2 aliphatic carbocycles. The van der Waals surface area contributed by atoms with Crippen LogP contribution < -0.4 is 5.73 Å². The van der Waals surface area contributed by atoms with Gasteiger partial charge in [-0.15, -0.1) is 6.58 Å². The summed E-state index contributed by atoms with van der Waals surface area (Å²) in [5, 5.41) is 0. The minimum Gasteiger partial charge on any atom is -0.369 e. The van der Waals surface area contributed by atoms with E-state index >= 15 is 0 Å². The maximum Gasteiger partial charge on any atom is 0.257 e. The van der Waals surface area contributed by atoms with Crippen LogP contribution in [0, 0.1) is 17.8 Å². The number of rotatable bonds is 9. The summed E-state index contributed by atoms with van der Waals surface area (Å²) < 4.78 is 0. The largest absolute Gasteiger partial charge is 0.369 e. The van der Waals surface area contributed by atoms with Gasteiger partial charge in [-0.25, -0.2) is 4.99 Å². The van der Waals surface area contributed by atoms with E-state index in [4.69, 9.17) is 10.7 Å².